The summed E-state index contributed by atoms with van der Waals surface area (Å²) in [6.07, 6.45) is 3.70. The van der Waals surface area contributed by atoms with Crippen LogP contribution in [-0.4, -0.2) is 36.9 Å². The Kier molecular flexibility index (Phi) is 2.05. The molecule has 3 heteroatoms. The van der Waals surface area contributed by atoms with E-state index in [-0.39, 0.29) is 0 Å². The van der Waals surface area contributed by atoms with E-state index < -0.39 is 0 Å². The van der Waals surface area contributed by atoms with E-state index in [2.05, 4.69) is 16.9 Å². The zero-order valence-corrected chi connectivity index (χ0v) is 7.66. The predicted molar refractivity (Wildman–Crippen MR) is 50.2 cm³/mol. The Hall–Kier alpha value is -0.570. The summed E-state index contributed by atoms with van der Waals surface area (Å²) in [7, 11) is 2.12. The van der Waals surface area contributed by atoms with Crippen molar-refractivity contribution in [3.05, 3.63) is 0 Å². The Labute approximate surface area is 73.6 Å². The van der Waals surface area contributed by atoms with E-state index in [4.69, 9.17) is 5.73 Å². The van der Waals surface area contributed by atoms with Crippen molar-refractivity contribution in [3.63, 3.8) is 0 Å². The molecule has 1 aliphatic heterocycles. The van der Waals surface area contributed by atoms with Crippen molar-refractivity contribution in [2.45, 2.75) is 25.3 Å². The second-order valence-electron chi connectivity index (χ2n) is 3.86. The van der Waals surface area contributed by atoms with Gasteiger partial charge in [-0.25, -0.2) is 0 Å². The molecule has 0 bridgehead atoms. The molecule has 0 aromatic heterocycles. The number of nitrogens with zero attached hydrogens (tertiary/aromatic N) is 2. The fourth-order valence-electron chi connectivity index (χ4n) is 2.26. The molecule has 0 radical (unpaired) electrons. The van der Waals surface area contributed by atoms with E-state index in [1.54, 1.807) is 0 Å². The lowest BCUT2D eigenvalue weighted by Gasteiger charge is -2.22. The fraction of sp³-hybridized carbons (Fsp3) is 0.889. The highest BCUT2D eigenvalue weighted by molar-refractivity contribution is 5.86. The molecular weight excluding hydrogens is 150 g/mol. The molecule has 2 rings (SSSR count). The van der Waals surface area contributed by atoms with Crippen LogP contribution >= 0.6 is 0 Å². The third kappa shape index (κ3) is 1.22. The third-order valence-corrected chi connectivity index (χ3v) is 3.00. The van der Waals surface area contributed by atoms with Crippen LogP contribution in [0.2, 0.25) is 0 Å². The van der Waals surface area contributed by atoms with Gasteiger partial charge in [-0.3, -0.25) is 4.99 Å². The Morgan fingerprint density at radius 1 is 1.50 bits per heavy atom. The van der Waals surface area contributed by atoms with Crippen molar-refractivity contribution in [3.8, 4) is 0 Å². The van der Waals surface area contributed by atoms with E-state index in [1.165, 1.54) is 25.1 Å². The molecule has 1 saturated carbocycles. The van der Waals surface area contributed by atoms with Crippen LogP contribution in [0.15, 0.2) is 4.99 Å². The topological polar surface area (TPSA) is 41.6 Å². The lowest BCUT2D eigenvalue weighted by atomic mass is 10.0. The molecule has 1 heterocycles. The van der Waals surface area contributed by atoms with Crippen molar-refractivity contribution in [1.29, 1.82) is 0 Å². The Bertz CT molecular complexity index is 200. The second-order valence-corrected chi connectivity index (χ2v) is 3.86. The first-order chi connectivity index (χ1) is 5.79. The van der Waals surface area contributed by atoms with Gasteiger partial charge in [0, 0.05) is 25.6 Å². The number of amidine groups is 1. The first-order valence-corrected chi connectivity index (χ1v) is 4.80. The molecule has 2 atom stereocenters. The highest BCUT2D eigenvalue weighted by Crippen LogP contribution is 2.27. The van der Waals surface area contributed by atoms with Gasteiger partial charge >= 0.3 is 0 Å². The standard InChI is InChI=1S/C9H17N3/c1-12-6-5-11-9(12)7-3-2-4-8(7)10/h7-8H,2-6,10H2,1H3. The summed E-state index contributed by atoms with van der Waals surface area (Å²) < 4.78 is 0. The smallest absolute Gasteiger partial charge is 0.103 e. The molecule has 0 saturated heterocycles. The van der Waals surface area contributed by atoms with Crippen LogP contribution in [0, 0.1) is 5.92 Å². The van der Waals surface area contributed by atoms with Gasteiger partial charge in [0.2, 0.25) is 0 Å². The number of hydrogen-bond donors (Lipinski definition) is 1. The van der Waals surface area contributed by atoms with Crippen molar-refractivity contribution >= 4 is 5.84 Å². The molecular formula is C9H17N3. The average Bonchev–Trinajstić information content (AvgIpc) is 2.59. The predicted octanol–water partition coefficient (Wildman–Crippen LogP) is 0.458. The molecule has 2 N–H and O–H groups in total. The highest BCUT2D eigenvalue weighted by Gasteiger charge is 2.31. The molecule has 12 heavy (non-hydrogen) atoms. The minimum absolute atomic E-state index is 0.365. The molecule has 0 amide bonds. The maximum absolute atomic E-state index is 6.01. The normalized spacial score (nSPS) is 35.8. The molecule has 1 fully saturated rings. The number of nitrogens with two attached hydrogens (primary N) is 1. The lowest BCUT2D eigenvalue weighted by Crippen LogP contribution is -2.37. The first-order valence-electron chi connectivity index (χ1n) is 4.80. The monoisotopic (exact) mass is 167 g/mol. The van der Waals surface area contributed by atoms with E-state index in [9.17, 15) is 0 Å². The van der Waals surface area contributed by atoms with Crippen LogP contribution in [0.1, 0.15) is 19.3 Å². The van der Waals surface area contributed by atoms with Gasteiger partial charge in [-0.1, -0.05) is 6.42 Å². The third-order valence-electron chi connectivity index (χ3n) is 3.00. The number of likely N-dealkylation sites (N-methyl/N-ethyl adjacent to an activating group) is 1. The molecule has 3 nitrogen and oxygen atoms in total. The number of hydrogen-bond acceptors (Lipinski definition) is 3. The van der Waals surface area contributed by atoms with Gasteiger partial charge in [-0.05, 0) is 12.8 Å². The Balaban J connectivity index is 2.08. The molecule has 2 unspecified atom stereocenters. The summed E-state index contributed by atoms with van der Waals surface area (Å²) in [4.78, 5) is 6.77. The summed E-state index contributed by atoms with van der Waals surface area (Å²) in [5.74, 6) is 1.82. The fourth-order valence-corrected chi connectivity index (χ4v) is 2.26. The lowest BCUT2D eigenvalue weighted by molar-refractivity contribution is 0.493. The minimum Gasteiger partial charge on any atom is -0.361 e. The van der Waals surface area contributed by atoms with Crippen LogP contribution in [0.25, 0.3) is 0 Å². The van der Waals surface area contributed by atoms with Crippen LogP contribution in [0.4, 0.5) is 0 Å². The van der Waals surface area contributed by atoms with Crippen molar-refractivity contribution < 1.29 is 0 Å². The van der Waals surface area contributed by atoms with E-state index in [0.29, 0.717) is 12.0 Å². The van der Waals surface area contributed by atoms with E-state index >= 15 is 0 Å². The second kappa shape index (κ2) is 3.05. The highest BCUT2D eigenvalue weighted by atomic mass is 15.2. The van der Waals surface area contributed by atoms with Crippen LogP contribution in [-0.2, 0) is 0 Å². The summed E-state index contributed by atoms with van der Waals surface area (Å²) in [5.41, 5.74) is 6.01. The summed E-state index contributed by atoms with van der Waals surface area (Å²) in [6.45, 7) is 2.05. The van der Waals surface area contributed by atoms with Crippen LogP contribution < -0.4 is 5.73 Å². The van der Waals surface area contributed by atoms with Gasteiger partial charge in [-0.2, -0.15) is 0 Å². The van der Waals surface area contributed by atoms with Gasteiger partial charge < -0.3 is 10.6 Å². The number of rotatable bonds is 1. The maximum atomic E-state index is 6.01. The van der Waals surface area contributed by atoms with Gasteiger partial charge in [0.05, 0.1) is 6.54 Å². The maximum Gasteiger partial charge on any atom is 0.103 e. The summed E-state index contributed by atoms with van der Waals surface area (Å²) in [6, 6.07) is 0.365. The Morgan fingerprint density at radius 2 is 2.33 bits per heavy atom. The molecule has 68 valence electrons. The molecule has 0 spiro atoms. The molecule has 1 aliphatic carbocycles. The van der Waals surface area contributed by atoms with Crippen molar-refractivity contribution in [2.75, 3.05) is 20.1 Å². The van der Waals surface area contributed by atoms with E-state index in [0.717, 1.165) is 13.1 Å². The molecule has 2 aliphatic rings. The summed E-state index contributed by atoms with van der Waals surface area (Å²) in [5, 5.41) is 0. The first kappa shape index (κ1) is 8.05. The zero-order valence-electron chi connectivity index (χ0n) is 7.66. The van der Waals surface area contributed by atoms with E-state index in [1.807, 2.05) is 0 Å². The SMILES string of the molecule is CN1CCN=C1C1CCCC1N. The number of aliphatic imine (C=N–C) groups is 1. The summed E-state index contributed by atoms with van der Waals surface area (Å²) >= 11 is 0. The average molecular weight is 167 g/mol. The van der Waals surface area contributed by atoms with Gasteiger partial charge in [0.25, 0.3) is 0 Å². The van der Waals surface area contributed by atoms with Gasteiger partial charge in [0.1, 0.15) is 5.84 Å². The van der Waals surface area contributed by atoms with Crippen LogP contribution in [0.3, 0.4) is 0 Å². The van der Waals surface area contributed by atoms with Crippen LogP contribution in [0.5, 0.6) is 0 Å². The minimum atomic E-state index is 0.365. The molecule has 0 aromatic carbocycles. The van der Waals surface area contributed by atoms with Crippen molar-refractivity contribution in [2.24, 2.45) is 16.6 Å². The largest absolute Gasteiger partial charge is 0.361 e. The quantitative estimate of drug-likeness (QED) is 0.616. The Morgan fingerprint density at radius 3 is 2.83 bits per heavy atom. The van der Waals surface area contributed by atoms with Gasteiger partial charge in [-0.15, -0.1) is 0 Å². The zero-order chi connectivity index (χ0) is 8.55. The van der Waals surface area contributed by atoms with Crippen molar-refractivity contribution in [1.82, 2.24) is 4.90 Å². The molecule has 0 aromatic rings. The van der Waals surface area contributed by atoms with Gasteiger partial charge in [0.15, 0.2) is 0 Å².